The summed E-state index contributed by atoms with van der Waals surface area (Å²) >= 11 is 5.58. The molecule has 0 amide bonds. The predicted molar refractivity (Wildman–Crippen MR) is 62.5 cm³/mol. The molecule has 1 heterocycles. The van der Waals surface area contributed by atoms with E-state index in [-0.39, 0.29) is 17.1 Å². The lowest BCUT2D eigenvalue weighted by molar-refractivity contribution is -0.141. The Morgan fingerprint density at radius 3 is 2.44 bits per heavy atom. The first kappa shape index (κ1) is 13.4. The summed E-state index contributed by atoms with van der Waals surface area (Å²) in [5.74, 6) is -0.0401. The van der Waals surface area contributed by atoms with Crippen molar-refractivity contribution in [3.8, 4) is 0 Å². The van der Waals surface area contributed by atoms with E-state index in [4.69, 9.17) is 11.6 Å². The van der Waals surface area contributed by atoms with E-state index < -0.39 is 11.9 Å². The summed E-state index contributed by atoms with van der Waals surface area (Å²) < 4.78 is 37.6. The minimum Gasteiger partial charge on any atom is -0.351 e. The molecule has 7 heteroatoms. The van der Waals surface area contributed by atoms with Gasteiger partial charge in [0.1, 0.15) is 5.15 Å². The molecule has 18 heavy (non-hydrogen) atoms. The smallest absolute Gasteiger partial charge is 0.351 e. The van der Waals surface area contributed by atoms with Gasteiger partial charge in [0.25, 0.3) is 0 Å². The molecule has 0 unspecified atom stereocenters. The molecule has 1 N–H and O–H groups in total. The third-order valence-corrected chi connectivity index (χ3v) is 3.12. The molecule has 0 bridgehead atoms. The van der Waals surface area contributed by atoms with Gasteiger partial charge in [-0.05, 0) is 12.8 Å². The largest absolute Gasteiger partial charge is 0.433 e. The molecule has 0 atom stereocenters. The van der Waals surface area contributed by atoms with Gasteiger partial charge in [-0.1, -0.05) is 30.9 Å². The molecule has 1 aliphatic carbocycles. The highest BCUT2D eigenvalue weighted by Gasteiger charge is 2.33. The van der Waals surface area contributed by atoms with Crippen LogP contribution in [0.15, 0.2) is 6.07 Å². The SMILES string of the molecule is FC(F)(F)c1cc(Cl)nc(NC2CCCCC2)n1. The van der Waals surface area contributed by atoms with Crippen molar-refractivity contribution in [2.24, 2.45) is 0 Å². The van der Waals surface area contributed by atoms with E-state index in [1.807, 2.05) is 0 Å². The Bertz CT molecular complexity index is 416. The van der Waals surface area contributed by atoms with Crippen molar-refractivity contribution < 1.29 is 13.2 Å². The Hall–Kier alpha value is -1.04. The first-order chi connectivity index (χ1) is 8.45. The number of hydrogen-bond acceptors (Lipinski definition) is 3. The van der Waals surface area contributed by atoms with Crippen LogP contribution in [0.2, 0.25) is 5.15 Å². The first-order valence-corrected chi connectivity index (χ1v) is 6.21. The zero-order valence-electron chi connectivity index (χ0n) is 9.60. The van der Waals surface area contributed by atoms with E-state index in [1.54, 1.807) is 0 Å². The molecule has 0 aromatic carbocycles. The fourth-order valence-corrected chi connectivity index (χ4v) is 2.24. The Balaban J connectivity index is 2.14. The number of halogens is 4. The Morgan fingerprint density at radius 2 is 1.83 bits per heavy atom. The highest BCUT2D eigenvalue weighted by Crippen LogP contribution is 2.30. The van der Waals surface area contributed by atoms with Gasteiger partial charge in [0.2, 0.25) is 5.95 Å². The summed E-state index contributed by atoms with van der Waals surface area (Å²) in [5, 5.41) is 2.73. The predicted octanol–water partition coefficient (Wildman–Crippen LogP) is 3.89. The van der Waals surface area contributed by atoms with Gasteiger partial charge in [0.15, 0.2) is 5.69 Å². The van der Waals surface area contributed by atoms with Crippen molar-refractivity contribution in [3.63, 3.8) is 0 Å². The van der Waals surface area contributed by atoms with Crippen LogP contribution in [0, 0.1) is 0 Å². The Kier molecular flexibility index (Phi) is 3.94. The van der Waals surface area contributed by atoms with Crippen molar-refractivity contribution in [1.29, 1.82) is 0 Å². The summed E-state index contributed by atoms with van der Waals surface area (Å²) in [5.41, 5.74) is -1.01. The molecule has 100 valence electrons. The van der Waals surface area contributed by atoms with Crippen LogP contribution in [-0.2, 0) is 6.18 Å². The van der Waals surface area contributed by atoms with Crippen LogP contribution < -0.4 is 5.32 Å². The van der Waals surface area contributed by atoms with Gasteiger partial charge in [0.05, 0.1) is 0 Å². The Labute approximate surface area is 108 Å². The lowest BCUT2D eigenvalue weighted by Gasteiger charge is -2.23. The van der Waals surface area contributed by atoms with Gasteiger partial charge < -0.3 is 5.32 Å². The van der Waals surface area contributed by atoms with Crippen LogP contribution in [-0.4, -0.2) is 16.0 Å². The zero-order valence-corrected chi connectivity index (χ0v) is 10.4. The molecule has 1 aliphatic rings. The number of anilines is 1. The van der Waals surface area contributed by atoms with E-state index >= 15 is 0 Å². The van der Waals surface area contributed by atoms with Gasteiger partial charge in [0, 0.05) is 12.1 Å². The maximum absolute atomic E-state index is 12.5. The summed E-state index contributed by atoms with van der Waals surface area (Å²) in [4.78, 5) is 7.25. The van der Waals surface area contributed by atoms with Crippen molar-refractivity contribution >= 4 is 17.5 Å². The highest BCUT2D eigenvalue weighted by atomic mass is 35.5. The molecule has 0 radical (unpaired) electrons. The summed E-state index contributed by atoms with van der Waals surface area (Å²) in [6.45, 7) is 0. The van der Waals surface area contributed by atoms with Gasteiger partial charge in [-0.15, -0.1) is 0 Å². The molecule has 1 aromatic rings. The number of alkyl halides is 3. The van der Waals surface area contributed by atoms with Crippen molar-refractivity contribution in [2.45, 2.75) is 44.3 Å². The Morgan fingerprint density at radius 1 is 1.17 bits per heavy atom. The minimum absolute atomic E-state index is 0.0401. The molecule has 2 rings (SSSR count). The van der Waals surface area contributed by atoms with Gasteiger partial charge in [-0.3, -0.25) is 0 Å². The quantitative estimate of drug-likeness (QED) is 0.835. The van der Waals surface area contributed by atoms with Gasteiger partial charge in [-0.25, -0.2) is 9.97 Å². The molecular weight excluding hydrogens is 267 g/mol. The van der Waals surface area contributed by atoms with E-state index in [0.717, 1.165) is 31.7 Å². The number of hydrogen-bond donors (Lipinski definition) is 1. The standard InChI is InChI=1S/C11H13ClF3N3/c12-9-6-8(11(13,14)15)17-10(18-9)16-7-4-2-1-3-5-7/h6-7H,1-5H2,(H,16,17,18). The van der Waals surface area contributed by atoms with Gasteiger partial charge in [-0.2, -0.15) is 13.2 Å². The monoisotopic (exact) mass is 279 g/mol. The van der Waals surface area contributed by atoms with Crippen LogP contribution in [0.25, 0.3) is 0 Å². The summed E-state index contributed by atoms with van der Waals surface area (Å²) in [7, 11) is 0. The molecule has 1 aromatic heterocycles. The summed E-state index contributed by atoms with van der Waals surface area (Å²) in [6, 6.07) is 0.867. The average Bonchev–Trinajstić information content (AvgIpc) is 2.28. The molecular formula is C11H13ClF3N3. The molecule has 0 spiro atoms. The van der Waals surface area contributed by atoms with Crippen LogP contribution in [0.3, 0.4) is 0 Å². The number of rotatable bonds is 2. The van der Waals surface area contributed by atoms with E-state index in [1.165, 1.54) is 6.42 Å². The first-order valence-electron chi connectivity index (χ1n) is 5.83. The number of nitrogens with one attached hydrogen (secondary N) is 1. The molecule has 0 aliphatic heterocycles. The third kappa shape index (κ3) is 3.48. The zero-order chi connectivity index (χ0) is 13.2. The maximum atomic E-state index is 12.5. The second kappa shape index (κ2) is 5.30. The van der Waals surface area contributed by atoms with Crippen LogP contribution in [0.4, 0.5) is 19.1 Å². The average molecular weight is 280 g/mol. The third-order valence-electron chi connectivity index (χ3n) is 2.92. The van der Waals surface area contributed by atoms with Crippen LogP contribution in [0.1, 0.15) is 37.8 Å². The fourth-order valence-electron chi connectivity index (χ4n) is 2.06. The van der Waals surface area contributed by atoms with Gasteiger partial charge >= 0.3 is 6.18 Å². The van der Waals surface area contributed by atoms with E-state index in [9.17, 15) is 13.2 Å². The van der Waals surface area contributed by atoms with Crippen molar-refractivity contribution in [2.75, 3.05) is 5.32 Å². The van der Waals surface area contributed by atoms with E-state index in [0.29, 0.717) is 0 Å². The van der Waals surface area contributed by atoms with Crippen LogP contribution >= 0.6 is 11.6 Å². The second-order valence-corrected chi connectivity index (χ2v) is 4.76. The summed E-state index contributed by atoms with van der Waals surface area (Å²) in [6.07, 6.45) is 0.668. The second-order valence-electron chi connectivity index (χ2n) is 4.38. The van der Waals surface area contributed by atoms with Crippen LogP contribution in [0.5, 0.6) is 0 Å². The highest BCUT2D eigenvalue weighted by molar-refractivity contribution is 6.29. The molecule has 1 fully saturated rings. The minimum atomic E-state index is -4.50. The fraction of sp³-hybridized carbons (Fsp3) is 0.636. The lowest BCUT2D eigenvalue weighted by atomic mass is 9.96. The van der Waals surface area contributed by atoms with E-state index in [2.05, 4.69) is 15.3 Å². The van der Waals surface area contributed by atoms with Crippen molar-refractivity contribution in [1.82, 2.24) is 9.97 Å². The normalized spacial score (nSPS) is 17.8. The van der Waals surface area contributed by atoms with Crippen molar-refractivity contribution in [3.05, 3.63) is 16.9 Å². The number of aromatic nitrogens is 2. The molecule has 3 nitrogen and oxygen atoms in total. The maximum Gasteiger partial charge on any atom is 0.433 e. The molecule has 0 saturated heterocycles. The molecule has 1 saturated carbocycles. The lowest BCUT2D eigenvalue weighted by Crippen LogP contribution is -2.24. The number of nitrogens with zero attached hydrogens (tertiary/aromatic N) is 2. The topological polar surface area (TPSA) is 37.8 Å².